The Bertz CT molecular complexity index is 1680. The van der Waals surface area contributed by atoms with E-state index in [1.54, 1.807) is 29.0 Å². The highest BCUT2D eigenvalue weighted by Gasteiger charge is 2.28. The number of fused-ring (bicyclic) bond motifs is 3. The zero-order valence-electron chi connectivity index (χ0n) is 19.6. The van der Waals surface area contributed by atoms with Gasteiger partial charge < -0.3 is 16.0 Å². The molecule has 0 saturated heterocycles. The Morgan fingerprint density at radius 3 is 2.81 bits per heavy atom. The molecule has 12 nitrogen and oxygen atoms in total. The van der Waals surface area contributed by atoms with E-state index in [-0.39, 0.29) is 18.2 Å². The van der Waals surface area contributed by atoms with Gasteiger partial charge in [0.05, 0.1) is 17.1 Å². The molecule has 4 aromatic heterocycles. The average molecular weight is 506 g/mol. The number of nitrogens with one attached hydrogen (secondary N) is 2. The van der Waals surface area contributed by atoms with Crippen LogP contribution in [0.2, 0.25) is 0 Å². The van der Waals surface area contributed by atoms with Crippen molar-refractivity contribution in [1.82, 2.24) is 29.6 Å². The molecular weight excluding hydrogens is 482 g/mol. The molecule has 0 aliphatic carbocycles. The maximum atomic E-state index is 12.2. The second-order valence-electron chi connectivity index (χ2n) is 9.03. The van der Waals surface area contributed by atoms with Crippen LogP contribution < -0.4 is 15.8 Å². The second kappa shape index (κ2) is 7.88. The molecule has 184 valence electrons. The topological polar surface area (TPSA) is 161 Å². The summed E-state index contributed by atoms with van der Waals surface area (Å²) in [5.41, 5.74) is 10.2. The van der Waals surface area contributed by atoms with Gasteiger partial charge in [0.15, 0.2) is 5.82 Å². The molecule has 0 atom stereocenters. The zero-order valence-corrected chi connectivity index (χ0v) is 20.4. The molecule has 0 radical (unpaired) electrons. The van der Waals surface area contributed by atoms with E-state index in [9.17, 15) is 13.2 Å². The maximum Gasteiger partial charge on any atom is 0.244 e. The van der Waals surface area contributed by atoms with Crippen molar-refractivity contribution in [3.8, 4) is 11.3 Å². The summed E-state index contributed by atoms with van der Waals surface area (Å²) in [7, 11) is -1.63. The number of pyridine rings is 3. The highest BCUT2D eigenvalue weighted by Crippen LogP contribution is 2.36. The quantitative estimate of drug-likeness (QED) is 0.377. The Balaban J connectivity index is 1.34. The summed E-state index contributed by atoms with van der Waals surface area (Å²) >= 11 is 0. The molecule has 0 saturated carbocycles. The minimum atomic E-state index is -3.42. The average Bonchev–Trinajstić information content (AvgIpc) is 3.32. The summed E-state index contributed by atoms with van der Waals surface area (Å²) in [6.07, 6.45) is 3.99. The second-order valence-corrected chi connectivity index (χ2v) is 10.8. The van der Waals surface area contributed by atoms with Crippen molar-refractivity contribution in [2.24, 2.45) is 0 Å². The van der Waals surface area contributed by atoms with Gasteiger partial charge in [-0.3, -0.25) is 19.2 Å². The third-order valence-corrected chi connectivity index (χ3v) is 7.72. The third kappa shape index (κ3) is 3.77. The van der Waals surface area contributed by atoms with Crippen LogP contribution in [0.15, 0.2) is 30.6 Å². The van der Waals surface area contributed by atoms with E-state index in [0.717, 1.165) is 23.1 Å². The fourth-order valence-corrected chi connectivity index (χ4v) is 5.78. The van der Waals surface area contributed by atoms with Crippen LogP contribution >= 0.6 is 0 Å². The Morgan fingerprint density at radius 1 is 1.14 bits per heavy atom. The van der Waals surface area contributed by atoms with E-state index in [2.05, 4.69) is 30.1 Å². The van der Waals surface area contributed by atoms with Gasteiger partial charge >= 0.3 is 0 Å². The van der Waals surface area contributed by atoms with E-state index in [4.69, 9.17) is 5.73 Å². The first kappa shape index (κ1) is 22.2. The number of anilines is 4. The van der Waals surface area contributed by atoms with Crippen molar-refractivity contribution in [3.05, 3.63) is 47.5 Å². The van der Waals surface area contributed by atoms with Crippen molar-refractivity contribution in [1.29, 1.82) is 0 Å². The van der Waals surface area contributed by atoms with Crippen molar-refractivity contribution in [2.45, 2.75) is 25.6 Å². The van der Waals surface area contributed by atoms with Crippen molar-refractivity contribution < 1.29 is 13.2 Å². The molecule has 0 fully saturated rings. The van der Waals surface area contributed by atoms with E-state index < -0.39 is 10.0 Å². The number of hydrogen-bond donors (Lipinski definition) is 3. The molecule has 0 aromatic carbocycles. The van der Waals surface area contributed by atoms with Crippen LogP contribution in [-0.2, 0) is 33.5 Å². The van der Waals surface area contributed by atoms with Gasteiger partial charge in [0.1, 0.15) is 23.9 Å². The number of sulfonamides is 1. The van der Waals surface area contributed by atoms with Crippen LogP contribution in [0.3, 0.4) is 0 Å². The summed E-state index contributed by atoms with van der Waals surface area (Å²) in [5, 5.41) is 9.23. The number of nitrogens with zero attached hydrogens (tertiary/aromatic N) is 6. The van der Waals surface area contributed by atoms with Crippen LogP contribution in [0, 0.1) is 6.92 Å². The molecule has 1 amide bonds. The van der Waals surface area contributed by atoms with E-state index >= 15 is 0 Å². The van der Waals surface area contributed by atoms with Gasteiger partial charge in [-0.25, -0.2) is 18.4 Å². The number of carbonyl (C=O) groups is 1. The number of nitrogen functional groups attached to an aromatic ring is 1. The standard InChI is InChI=1S/C23H23N9O3S/c1-12-15(8-25-18-11-36(34,35)30-22(12)18)17-5-13-6-19(26-9-16(13)23(24)27-17)28-20-7-14-3-4-31(2)21(33)10-32(14)29-20/h5-9,30H,3-4,10-11H2,1-2H3,(H2,24,27)(H,26,28,29). The summed E-state index contributed by atoms with van der Waals surface area (Å²) in [4.78, 5) is 27.2. The summed E-state index contributed by atoms with van der Waals surface area (Å²) in [6.45, 7) is 2.68. The van der Waals surface area contributed by atoms with Gasteiger partial charge in [0.2, 0.25) is 15.9 Å². The SMILES string of the molecule is Cc1c(-c2cc3cc(Nc4cc5n(n4)CC(=O)N(C)CC5)ncc3c(N)n2)cnc2c1NS(=O)(=O)C2. The molecular formula is C23H23N9O3S. The lowest BCUT2D eigenvalue weighted by atomic mass is 10.0. The number of rotatable bonds is 3. The number of nitrogens with two attached hydrogens (primary N) is 1. The fraction of sp³-hybridized carbons (Fsp3) is 0.261. The third-order valence-electron chi connectivity index (χ3n) is 6.56. The van der Waals surface area contributed by atoms with Gasteiger partial charge in [0, 0.05) is 55.1 Å². The monoisotopic (exact) mass is 505 g/mol. The highest BCUT2D eigenvalue weighted by atomic mass is 32.2. The van der Waals surface area contributed by atoms with E-state index in [1.807, 2.05) is 25.1 Å². The molecule has 36 heavy (non-hydrogen) atoms. The predicted octanol–water partition coefficient (Wildman–Crippen LogP) is 1.79. The smallest absolute Gasteiger partial charge is 0.244 e. The number of amides is 1. The summed E-state index contributed by atoms with van der Waals surface area (Å²) < 4.78 is 28.3. The molecule has 4 N–H and O–H groups in total. The van der Waals surface area contributed by atoms with Crippen molar-refractivity contribution in [3.63, 3.8) is 0 Å². The number of aromatic nitrogens is 5. The van der Waals surface area contributed by atoms with Crippen molar-refractivity contribution in [2.75, 3.05) is 29.4 Å². The van der Waals surface area contributed by atoms with Crippen molar-refractivity contribution >= 4 is 49.8 Å². The molecule has 6 rings (SSSR count). The van der Waals surface area contributed by atoms with Crippen LogP contribution in [0.5, 0.6) is 0 Å². The largest absolute Gasteiger partial charge is 0.383 e. The molecule has 4 aromatic rings. The first-order valence-corrected chi connectivity index (χ1v) is 13.0. The number of likely N-dealkylation sites (N-methyl/N-ethyl adjacent to an activating group) is 1. The molecule has 0 spiro atoms. The molecule has 6 heterocycles. The minimum Gasteiger partial charge on any atom is -0.383 e. The molecule has 2 aliphatic heterocycles. The van der Waals surface area contributed by atoms with Gasteiger partial charge in [0.25, 0.3) is 0 Å². The molecule has 2 aliphatic rings. The maximum absolute atomic E-state index is 12.2. The van der Waals surface area contributed by atoms with Crippen LogP contribution in [0.25, 0.3) is 22.0 Å². The fourth-order valence-electron chi connectivity index (χ4n) is 4.55. The summed E-state index contributed by atoms with van der Waals surface area (Å²) in [5.74, 6) is 1.35. The Morgan fingerprint density at radius 2 is 1.97 bits per heavy atom. The van der Waals surface area contributed by atoms with E-state index in [0.29, 0.717) is 52.0 Å². The zero-order chi connectivity index (χ0) is 25.2. The lowest BCUT2D eigenvalue weighted by Gasteiger charge is -2.12. The van der Waals surface area contributed by atoms with Gasteiger partial charge in [-0.1, -0.05) is 0 Å². The minimum absolute atomic E-state index is 0.0203. The Hall–Kier alpha value is -4.26. The lowest BCUT2D eigenvalue weighted by molar-refractivity contribution is -0.130. The molecule has 13 heteroatoms. The van der Waals surface area contributed by atoms with E-state index in [1.165, 1.54) is 0 Å². The summed E-state index contributed by atoms with van der Waals surface area (Å²) in [6, 6.07) is 5.64. The Kier molecular flexibility index (Phi) is 4.86. The van der Waals surface area contributed by atoms with Gasteiger partial charge in [-0.15, -0.1) is 0 Å². The number of carbonyl (C=O) groups excluding carboxylic acids is 1. The van der Waals surface area contributed by atoms with Crippen LogP contribution in [-0.4, -0.2) is 57.5 Å². The number of hydrogen-bond acceptors (Lipinski definition) is 9. The Labute approximate surface area is 206 Å². The molecule has 0 unspecified atom stereocenters. The normalized spacial score (nSPS) is 16.4. The first-order valence-electron chi connectivity index (χ1n) is 11.3. The highest BCUT2D eigenvalue weighted by molar-refractivity contribution is 7.92. The van der Waals surface area contributed by atoms with Crippen LogP contribution in [0.4, 0.5) is 23.1 Å². The lowest BCUT2D eigenvalue weighted by Crippen LogP contribution is -2.29. The first-order chi connectivity index (χ1) is 17.2. The predicted molar refractivity (Wildman–Crippen MR) is 135 cm³/mol. The van der Waals surface area contributed by atoms with Crippen LogP contribution in [0.1, 0.15) is 17.0 Å². The molecule has 0 bridgehead atoms. The van der Waals surface area contributed by atoms with Gasteiger partial charge in [-0.05, 0) is 30.0 Å². The van der Waals surface area contributed by atoms with Gasteiger partial charge in [-0.2, -0.15) is 5.10 Å².